The van der Waals surface area contributed by atoms with Crippen LogP contribution >= 0.6 is 0 Å². The molecule has 0 aliphatic carbocycles. The van der Waals surface area contributed by atoms with Gasteiger partial charge in [0, 0.05) is 13.1 Å². The number of nitrogens with two attached hydrogens (primary N) is 1. The molecular formula is C12H19N3O5S. The molecule has 0 aromatic heterocycles. The normalized spacial score (nSPS) is 12.7. The lowest BCUT2D eigenvalue weighted by atomic mass is 10.1. The van der Waals surface area contributed by atoms with Gasteiger partial charge in [-0.05, 0) is 32.4 Å². The first kappa shape index (κ1) is 17.3. The molecule has 0 fully saturated rings. The van der Waals surface area contributed by atoms with Crippen LogP contribution in [0.3, 0.4) is 0 Å². The molecule has 3 N–H and O–H groups in total. The summed E-state index contributed by atoms with van der Waals surface area (Å²) < 4.78 is 26.2. The summed E-state index contributed by atoms with van der Waals surface area (Å²) in [6.07, 6.45) is 0. The number of nitro benzene ring substituents is 1. The Hall–Kier alpha value is -1.71. The highest BCUT2D eigenvalue weighted by Gasteiger charge is 2.35. The standard InChI is InChI=1S/C12H19N3O5S/c1-8-5-9(13)10(15(17)18)6-11(8)21(19,20)14(4)12(2,3)7-16/h5-6,16H,7,13H2,1-4H3. The Morgan fingerprint density at radius 1 is 1.43 bits per heavy atom. The molecule has 0 spiro atoms. The number of aliphatic hydroxyl groups excluding tert-OH is 1. The van der Waals surface area contributed by atoms with Crippen molar-refractivity contribution >= 4 is 21.4 Å². The third-order valence-corrected chi connectivity index (χ3v) is 5.61. The Morgan fingerprint density at radius 3 is 2.38 bits per heavy atom. The second kappa shape index (κ2) is 5.58. The van der Waals surface area contributed by atoms with Crippen molar-refractivity contribution < 1.29 is 18.4 Å². The molecule has 0 amide bonds. The summed E-state index contributed by atoms with van der Waals surface area (Å²) in [5.41, 5.74) is 4.24. The first-order valence-electron chi connectivity index (χ1n) is 6.09. The third kappa shape index (κ3) is 3.14. The van der Waals surface area contributed by atoms with Gasteiger partial charge in [0.1, 0.15) is 5.69 Å². The van der Waals surface area contributed by atoms with E-state index in [4.69, 9.17) is 5.73 Å². The lowest BCUT2D eigenvalue weighted by Gasteiger charge is -2.33. The molecule has 0 radical (unpaired) electrons. The Bertz CT molecular complexity index is 670. The maximum Gasteiger partial charge on any atom is 0.293 e. The van der Waals surface area contributed by atoms with Crippen LogP contribution in [0.4, 0.5) is 11.4 Å². The molecule has 8 nitrogen and oxygen atoms in total. The number of benzene rings is 1. The average molecular weight is 317 g/mol. The van der Waals surface area contributed by atoms with Crippen molar-refractivity contribution in [2.24, 2.45) is 0 Å². The van der Waals surface area contributed by atoms with Gasteiger partial charge in [-0.3, -0.25) is 10.1 Å². The van der Waals surface area contributed by atoms with E-state index in [1.807, 2.05) is 0 Å². The molecule has 21 heavy (non-hydrogen) atoms. The number of hydrogen-bond acceptors (Lipinski definition) is 6. The minimum absolute atomic E-state index is 0.0967. The molecule has 9 heteroatoms. The summed E-state index contributed by atoms with van der Waals surface area (Å²) >= 11 is 0. The van der Waals surface area contributed by atoms with Crippen LogP contribution < -0.4 is 5.73 Å². The number of likely N-dealkylation sites (N-methyl/N-ethyl adjacent to an activating group) is 1. The summed E-state index contributed by atoms with van der Waals surface area (Å²) in [4.78, 5) is 9.98. The van der Waals surface area contributed by atoms with E-state index in [1.54, 1.807) is 13.8 Å². The molecule has 1 aromatic rings. The third-order valence-electron chi connectivity index (χ3n) is 3.40. The van der Waals surface area contributed by atoms with Crippen molar-refractivity contribution in [2.45, 2.75) is 31.2 Å². The van der Waals surface area contributed by atoms with Gasteiger partial charge in [0.15, 0.2) is 0 Å². The first-order valence-corrected chi connectivity index (χ1v) is 7.53. The molecule has 1 rings (SSSR count). The van der Waals surface area contributed by atoms with Gasteiger partial charge in [-0.15, -0.1) is 0 Å². The fraction of sp³-hybridized carbons (Fsp3) is 0.500. The molecule has 0 saturated carbocycles. The Morgan fingerprint density at radius 2 is 1.95 bits per heavy atom. The van der Waals surface area contributed by atoms with Crippen LogP contribution in [-0.2, 0) is 10.0 Å². The number of nitro groups is 1. The van der Waals surface area contributed by atoms with Crippen LogP contribution in [-0.4, -0.2) is 41.9 Å². The molecule has 118 valence electrons. The van der Waals surface area contributed by atoms with E-state index in [0.717, 1.165) is 10.4 Å². The molecular weight excluding hydrogens is 298 g/mol. The second-order valence-electron chi connectivity index (χ2n) is 5.38. The van der Waals surface area contributed by atoms with E-state index < -0.39 is 32.8 Å². The van der Waals surface area contributed by atoms with Gasteiger partial charge in [0.25, 0.3) is 5.69 Å². The van der Waals surface area contributed by atoms with Gasteiger partial charge in [0.2, 0.25) is 10.0 Å². The number of nitrogens with zero attached hydrogens (tertiary/aromatic N) is 2. The lowest BCUT2D eigenvalue weighted by molar-refractivity contribution is -0.384. The number of aryl methyl sites for hydroxylation is 1. The van der Waals surface area contributed by atoms with Crippen LogP contribution in [0.1, 0.15) is 19.4 Å². The monoisotopic (exact) mass is 317 g/mol. The highest BCUT2D eigenvalue weighted by Crippen LogP contribution is 2.31. The second-order valence-corrected chi connectivity index (χ2v) is 7.31. The van der Waals surface area contributed by atoms with Crippen molar-refractivity contribution in [3.63, 3.8) is 0 Å². The van der Waals surface area contributed by atoms with E-state index in [0.29, 0.717) is 5.56 Å². The summed E-state index contributed by atoms with van der Waals surface area (Å²) in [6.45, 7) is 4.21. The number of nitrogen functional groups attached to an aromatic ring is 1. The molecule has 0 aliphatic rings. The van der Waals surface area contributed by atoms with E-state index in [-0.39, 0.29) is 10.6 Å². The van der Waals surface area contributed by atoms with E-state index in [2.05, 4.69) is 0 Å². The molecule has 1 aromatic carbocycles. The largest absolute Gasteiger partial charge is 0.394 e. The van der Waals surface area contributed by atoms with Crippen LogP contribution in [0, 0.1) is 17.0 Å². The smallest absolute Gasteiger partial charge is 0.293 e. The summed E-state index contributed by atoms with van der Waals surface area (Å²) in [7, 11) is -2.69. The number of sulfonamides is 1. The van der Waals surface area contributed by atoms with E-state index in [9.17, 15) is 23.6 Å². The van der Waals surface area contributed by atoms with Crippen molar-refractivity contribution in [3.8, 4) is 0 Å². The maximum atomic E-state index is 12.6. The van der Waals surface area contributed by atoms with Gasteiger partial charge in [-0.2, -0.15) is 4.31 Å². The maximum absolute atomic E-state index is 12.6. The van der Waals surface area contributed by atoms with Crippen molar-refractivity contribution in [2.75, 3.05) is 19.4 Å². The van der Waals surface area contributed by atoms with Crippen LogP contribution in [0.2, 0.25) is 0 Å². The van der Waals surface area contributed by atoms with Gasteiger partial charge >= 0.3 is 0 Å². The topological polar surface area (TPSA) is 127 Å². The van der Waals surface area contributed by atoms with Crippen LogP contribution in [0.25, 0.3) is 0 Å². The average Bonchev–Trinajstić information content (AvgIpc) is 2.36. The summed E-state index contributed by atoms with van der Waals surface area (Å²) in [5.74, 6) is 0. The highest BCUT2D eigenvalue weighted by molar-refractivity contribution is 7.89. The Labute approximate surface area is 123 Å². The zero-order valence-corrected chi connectivity index (χ0v) is 13.1. The van der Waals surface area contributed by atoms with Crippen molar-refractivity contribution in [3.05, 3.63) is 27.8 Å². The molecule has 0 bridgehead atoms. The van der Waals surface area contributed by atoms with Gasteiger partial charge in [-0.1, -0.05) is 0 Å². The minimum Gasteiger partial charge on any atom is -0.394 e. The Balaban J connectivity index is 3.52. The molecule has 0 heterocycles. The fourth-order valence-electron chi connectivity index (χ4n) is 1.71. The molecule has 0 atom stereocenters. The molecule has 0 unspecified atom stereocenters. The number of anilines is 1. The molecule has 0 saturated heterocycles. The van der Waals surface area contributed by atoms with E-state index in [1.165, 1.54) is 20.0 Å². The van der Waals surface area contributed by atoms with Crippen LogP contribution in [0.15, 0.2) is 17.0 Å². The van der Waals surface area contributed by atoms with Gasteiger partial charge in [0.05, 0.1) is 22.0 Å². The fourth-order valence-corrected chi connectivity index (χ4v) is 3.44. The zero-order valence-electron chi connectivity index (χ0n) is 12.3. The highest BCUT2D eigenvalue weighted by atomic mass is 32.2. The van der Waals surface area contributed by atoms with Crippen LogP contribution in [0.5, 0.6) is 0 Å². The van der Waals surface area contributed by atoms with Gasteiger partial charge < -0.3 is 10.8 Å². The van der Waals surface area contributed by atoms with Crippen molar-refractivity contribution in [1.29, 1.82) is 0 Å². The molecule has 0 aliphatic heterocycles. The number of rotatable bonds is 5. The quantitative estimate of drug-likeness (QED) is 0.471. The minimum atomic E-state index is -4.00. The zero-order chi connectivity index (χ0) is 16.6. The predicted molar refractivity (Wildman–Crippen MR) is 78.4 cm³/mol. The predicted octanol–water partition coefficient (Wildman–Crippen LogP) is 0.877. The SMILES string of the molecule is Cc1cc(N)c([N+](=O)[O-])cc1S(=O)(=O)N(C)C(C)(C)CO. The Kier molecular flexibility index (Phi) is 4.61. The van der Waals surface area contributed by atoms with Crippen molar-refractivity contribution in [1.82, 2.24) is 4.31 Å². The summed E-state index contributed by atoms with van der Waals surface area (Å²) in [5, 5.41) is 20.2. The lowest BCUT2D eigenvalue weighted by Crippen LogP contribution is -2.47. The first-order chi connectivity index (χ1) is 9.45. The van der Waals surface area contributed by atoms with E-state index >= 15 is 0 Å². The number of aliphatic hydroxyl groups is 1. The summed E-state index contributed by atoms with van der Waals surface area (Å²) in [6, 6.07) is 2.20. The van der Waals surface area contributed by atoms with Gasteiger partial charge in [-0.25, -0.2) is 8.42 Å². The number of hydrogen-bond donors (Lipinski definition) is 2.